The van der Waals surface area contributed by atoms with E-state index in [1.807, 2.05) is 0 Å². The van der Waals surface area contributed by atoms with Crippen molar-refractivity contribution in [2.45, 2.75) is 38.4 Å². The Bertz CT molecular complexity index is 178. The summed E-state index contributed by atoms with van der Waals surface area (Å²) in [5.41, 5.74) is 0. The highest BCUT2D eigenvalue weighted by atomic mass is 16.5. The molecule has 0 aromatic heterocycles. The van der Waals surface area contributed by atoms with Gasteiger partial charge in [-0.2, -0.15) is 0 Å². The first-order chi connectivity index (χ1) is 6.05. The Hall–Kier alpha value is -0.610. The summed E-state index contributed by atoms with van der Waals surface area (Å²) in [5.74, 6) is -1.92. The van der Waals surface area contributed by atoms with Crippen LogP contribution in [0.5, 0.6) is 0 Å². The van der Waals surface area contributed by atoms with Gasteiger partial charge in [-0.05, 0) is 19.8 Å². The summed E-state index contributed by atoms with van der Waals surface area (Å²) in [5, 5.41) is 18.4. The molecule has 4 heteroatoms. The molecule has 0 radical (unpaired) electrons. The Morgan fingerprint density at radius 1 is 1.46 bits per heavy atom. The van der Waals surface area contributed by atoms with E-state index in [4.69, 9.17) is 4.74 Å². The van der Waals surface area contributed by atoms with Crippen LogP contribution in [0.25, 0.3) is 0 Å². The van der Waals surface area contributed by atoms with Gasteiger partial charge < -0.3 is 14.9 Å². The Balaban J connectivity index is 2.36. The minimum Gasteiger partial charge on any atom is -0.466 e. The SMILES string of the molecule is CCOC(=O)C1CCC(O)(O)CC1. The van der Waals surface area contributed by atoms with E-state index < -0.39 is 5.79 Å². The van der Waals surface area contributed by atoms with Crippen molar-refractivity contribution in [1.29, 1.82) is 0 Å². The molecule has 0 aromatic rings. The quantitative estimate of drug-likeness (QED) is 0.487. The lowest BCUT2D eigenvalue weighted by Gasteiger charge is -2.30. The number of hydrogen-bond donors (Lipinski definition) is 2. The van der Waals surface area contributed by atoms with E-state index in [2.05, 4.69) is 0 Å². The molecule has 4 nitrogen and oxygen atoms in total. The molecule has 0 saturated heterocycles. The smallest absolute Gasteiger partial charge is 0.308 e. The third-order valence-corrected chi connectivity index (χ3v) is 2.41. The van der Waals surface area contributed by atoms with Gasteiger partial charge in [0.1, 0.15) is 0 Å². The molecule has 0 bridgehead atoms. The fourth-order valence-electron chi connectivity index (χ4n) is 1.58. The van der Waals surface area contributed by atoms with Crippen LogP contribution in [0.3, 0.4) is 0 Å². The summed E-state index contributed by atoms with van der Waals surface area (Å²) >= 11 is 0. The van der Waals surface area contributed by atoms with Gasteiger partial charge in [-0.3, -0.25) is 4.79 Å². The lowest BCUT2D eigenvalue weighted by Crippen LogP contribution is -2.36. The second kappa shape index (κ2) is 4.07. The van der Waals surface area contributed by atoms with Crippen molar-refractivity contribution in [3.05, 3.63) is 0 Å². The van der Waals surface area contributed by atoms with Crippen LogP contribution in [0, 0.1) is 5.92 Å². The highest BCUT2D eigenvalue weighted by Gasteiger charge is 2.34. The van der Waals surface area contributed by atoms with Gasteiger partial charge in [0, 0.05) is 12.8 Å². The van der Waals surface area contributed by atoms with Gasteiger partial charge in [0.25, 0.3) is 0 Å². The first-order valence-corrected chi connectivity index (χ1v) is 4.66. The molecule has 1 aliphatic carbocycles. The van der Waals surface area contributed by atoms with Crippen LogP contribution < -0.4 is 0 Å². The number of carbonyl (C=O) groups excluding carboxylic acids is 1. The fourth-order valence-corrected chi connectivity index (χ4v) is 1.58. The molecule has 0 atom stereocenters. The first kappa shape index (κ1) is 10.5. The van der Waals surface area contributed by atoms with Crippen LogP contribution in [0.1, 0.15) is 32.6 Å². The molecule has 0 spiro atoms. The standard InChI is InChI=1S/C9H16O4/c1-2-13-8(10)7-3-5-9(11,12)6-4-7/h7,11-12H,2-6H2,1H3. The van der Waals surface area contributed by atoms with E-state index in [9.17, 15) is 15.0 Å². The van der Waals surface area contributed by atoms with E-state index in [1.165, 1.54) is 0 Å². The number of ether oxygens (including phenoxy) is 1. The molecule has 1 fully saturated rings. The largest absolute Gasteiger partial charge is 0.466 e. The van der Waals surface area contributed by atoms with Crippen molar-refractivity contribution >= 4 is 5.97 Å². The minimum absolute atomic E-state index is 0.146. The molecule has 2 N–H and O–H groups in total. The highest BCUT2D eigenvalue weighted by Crippen LogP contribution is 2.30. The maximum Gasteiger partial charge on any atom is 0.308 e. The van der Waals surface area contributed by atoms with E-state index in [0.717, 1.165) is 0 Å². The summed E-state index contributed by atoms with van der Waals surface area (Å²) in [6, 6.07) is 0. The summed E-state index contributed by atoms with van der Waals surface area (Å²) in [6.45, 7) is 2.15. The van der Waals surface area contributed by atoms with Gasteiger partial charge in [-0.15, -0.1) is 0 Å². The average molecular weight is 188 g/mol. The number of aliphatic hydroxyl groups is 2. The maximum absolute atomic E-state index is 11.2. The molecule has 0 aliphatic heterocycles. The zero-order valence-corrected chi connectivity index (χ0v) is 7.82. The molecule has 0 aromatic carbocycles. The van der Waals surface area contributed by atoms with Crippen molar-refractivity contribution in [2.75, 3.05) is 6.61 Å². The number of esters is 1. The normalized spacial score (nSPS) is 22.7. The van der Waals surface area contributed by atoms with E-state index >= 15 is 0 Å². The lowest BCUT2D eigenvalue weighted by atomic mass is 9.85. The summed E-state index contributed by atoms with van der Waals surface area (Å²) < 4.78 is 4.85. The molecular weight excluding hydrogens is 172 g/mol. The fraction of sp³-hybridized carbons (Fsp3) is 0.889. The van der Waals surface area contributed by atoms with Crippen molar-refractivity contribution in [3.8, 4) is 0 Å². The van der Waals surface area contributed by atoms with Crippen molar-refractivity contribution < 1.29 is 19.7 Å². The molecule has 0 amide bonds. The summed E-state index contributed by atoms with van der Waals surface area (Å²) in [6.07, 6.45) is 1.53. The molecule has 0 unspecified atom stereocenters. The maximum atomic E-state index is 11.2. The molecule has 13 heavy (non-hydrogen) atoms. The van der Waals surface area contributed by atoms with E-state index in [1.54, 1.807) is 6.92 Å². The Morgan fingerprint density at radius 2 is 2.00 bits per heavy atom. The van der Waals surface area contributed by atoms with Gasteiger partial charge in [-0.25, -0.2) is 0 Å². The Morgan fingerprint density at radius 3 is 2.46 bits per heavy atom. The van der Waals surface area contributed by atoms with Crippen LogP contribution in [0.2, 0.25) is 0 Å². The number of rotatable bonds is 2. The third kappa shape index (κ3) is 2.97. The monoisotopic (exact) mass is 188 g/mol. The zero-order chi connectivity index (χ0) is 9.90. The Labute approximate surface area is 77.5 Å². The van der Waals surface area contributed by atoms with Gasteiger partial charge in [0.05, 0.1) is 12.5 Å². The molecule has 76 valence electrons. The zero-order valence-electron chi connectivity index (χ0n) is 7.82. The summed E-state index contributed by atoms with van der Waals surface area (Å²) in [7, 11) is 0. The topological polar surface area (TPSA) is 66.8 Å². The second-order valence-electron chi connectivity index (χ2n) is 3.51. The van der Waals surface area contributed by atoms with Gasteiger partial charge in [0.15, 0.2) is 5.79 Å². The molecule has 0 heterocycles. The predicted molar refractivity (Wildman–Crippen MR) is 45.8 cm³/mol. The Kier molecular flexibility index (Phi) is 3.27. The highest BCUT2D eigenvalue weighted by molar-refractivity contribution is 5.72. The van der Waals surface area contributed by atoms with Crippen LogP contribution in [0.4, 0.5) is 0 Å². The van der Waals surface area contributed by atoms with E-state index in [0.29, 0.717) is 19.4 Å². The first-order valence-electron chi connectivity index (χ1n) is 4.66. The molecular formula is C9H16O4. The molecule has 1 aliphatic rings. The van der Waals surface area contributed by atoms with Gasteiger partial charge in [0.2, 0.25) is 0 Å². The third-order valence-electron chi connectivity index (χ3n) is 2.41. The molecule has 1 saturated carbocycles. The minimum atomic E-state index is -1.57. The van der Waals surface area contributed by atoms with Crippen molar-refractivity contribution in [2.24, 2.45) is 5.92 Å². The van der Waals surface area contributed by atoms with Crippen LogP contribution in [0.15, 0.2) is 0 Å². The van der Waals surface area contributed by atoms with Crippen LogP contribution in [-0.4, -0.2) is 28.6 Å². The van der Waals surface area contributed by atoms with Gasteiger partial charge >= 0.3 is 5.97 Å². The van der Waals surface area contributed by atoms with Crippen LogP contribution in [-0.2, 0) is 9.53 Å². The number of hydrogen-bond acceptors (Lipinski definition) is 4. The lowest BCUT2D eigenvalue weighted by molar-refractivity contribution is -0.190. The number of carbonyl (C=O) groups is 1. The van der Waals surface area contributed by atoms with Crippen LogP contribution >= 0.6 is 0 Å². The molecule has 1 rings (SSSR count). The second-order valence-corrected chi connectivity index (χ2v) is 3.51. The van der Waals surface area contributed by atoms with Gasteiger partial charge in [-0.1, -0.05) is 0 Å². The van der Waals surface area contributed by atoms with Crippen molar-refractivity contribution in [3.63, 3.8) is 0 Å². The van der Waals surface area contributed by atoms with Crippen molar-refractivity contribution in [1.82, 2.24) is 0 Å². The average Bonchev–Trinajstić information content (AvgIpc) is 2.04. The summed E-state index contributed by atoms with van der Waals surface area (Å²) in [4.78, 5) is 11.2. The predicted octanol–water partition coefficient (Wildman–Crippen LogP) is 0.421. The van der Waals surface area contributed by atoms with E-state index in [-0.39, 0.29) is 24.7 Å².